The van der Waals surface area contributed by atoms with Crippen LogP contribution in [0.2, 0.25) is 0 Å². The number of hydrogen-bond acceptors (Lipinski definition) is 4. The van der Waals surface area contributed by atoms with Crippen LogP contribution in [0.4, 0.5) is 5.69 Å². The van der Waals surface area contributed by atoms with Gasteiger partial charge in [-0.05, 0) is 47.1 Å². The van der Waals surface area contributed by atoms with E-state index in [-0.39, 0.29) is 16.8 Å². The number of nitrogens with zero attached hydrogens (tertiary/aromatic N) is 1. The Morgan fingerprint density at radius 3 is 2.71 bits per heavy atom. The van der Waals surface area contributed by atoms with Crippen molar-refractivity contribution < 1.29 is 13.2 Å². The van der Waals surface area contributed by atoms with Crippen LogP contribution in [0.3, 0.4) is 0 Å². The van der Waals surface area contributed by atoms with Gasteiger partial charge in [0.05, 0.1) is 10.6 Å². The standard InChI is InChI=1S/C13H18BrN3O3S/c1-9(18)16-13-4-3-11(7-12(13)14)21(19,20)17(2)10-5-6-15-8-10/h3-4,7,10,15H,5-6,8H2,1-2H3,(H,16,18). The first-order valence-electron chi connectivity index (χ1n) is 6.58. The van der Waals surface area contributed by atoms with Crippen LogP contribution < -0.4 is 10.6 Å². The summed E-state index contributed by atoms with van der Waals surface area (Å²) in [6.45, 7) is 2.90. The van der Waals surface area contributed by atoms with Crippen molar-refractivity contribution in [2.24, 2.45) is 0 Å². The number of likely N-dealkylation sites (N-methyl/N-ethyl adjacent to an activating group) is 1. The summed E-state index contributed by atoms with van der Waals surface area (Å²) < 4.78 is 27.1. The van der Waals surface area contributed by atoms with Gasteiger partial charge in [0.25, 0.3) is 0 Å². The summed E-state index contributed by atoms with van der Waals surface area (Å²) in [6, 6.07) is 4.58. The maximum Gasteiger partial charge on any atom is 0.243 e. The van der Waals surface area contributed by atoms with E-state index in [2.05, 4.69) is 26.6 Å². The number of benzene rings is 1. The first-order valence-corrected chi connectivity index (χ1v) is 8.81. The van der Waals surface area contributed by atoms with E-state index in [1.807, 2.05) is 0 Å². The predicted octanol–water partition coefficient (Wildman–Crippen LogP) is 1.39. The van der Waals surface area contributed by atoms with Crippen LogP contribution in [0.15, 0.2) is 27.6 Å². The van der Waals surface area contributed by atoms with Gasteiger partial charge in [0.2, 0.25) is 15.9 Å². The molecule has 2 N–H and O–H groups in total. The zero-order chi connectivity index (χ0) is 15.6. The van der Waals surface area contributed by atoms with Gasteiger partial charge in [-0.2, -0.15) is 4.31 Å². The fourth-order valence-corrected chi connectivity index (χ4v) is 4.30. The third-order valence-corrected chi connectivity index (χ3v) is 6.04. The van der Waals surface area contributed by atoms with Crippen LogP contribution in [-0.4, -0.2) is 44.8 Å². The number of carbonyl (C=O) groups is 1. The maximum absolute atomic E-state index is 12.6. The molecule has 0 aromatic heterocycles. The molecule has 0 aliphatic carbocycles. The van der Waals surface area contributed by atoms with E-state index in [1.54, 1.807) is 13.1 Å². The number of rotatable bonds is 4. The minimum atomic E-state index is -3.54. The molecule has 0 saturated carbocycles. The van der Waals surface area contributed by atoms with Crippen molar-refractivity contribution in [2.75, 3.05) is 25.5 Å². The lowest BCUT2D eigenvalue weighted by molar-refractivity contribution is -0.114. The molecule has 2 rings (SSSR count). The predicted molar refractivity (Wildman–Crippen MR) is 84.7 cm³/mol. The number of sulfonamides is 1. The number of carbonyl (C=O) groups excluding carboxylic acids is 1. The van der Waals surface area contributed by atoms with Crippen molar-refractivity contribution in [3.8, 4) is 0 Å². The van der Waals surface area contributed by atoms with Crippen molar-refractivity contribution in [1.29, 1.82) is 0 Å². The molecule has 1 saturated heterocycles. The second-order valence-corrected chi connectivity index (χ2v) is 7.84. The first kappa shape index (κ1) is 16.4. The summed E-state index contributed by atoms with van der Waals surface area (Å²) >= 11 is 3.29. The number of amides is 1. The molecular formula is C13H18BrN3O3S. The Morgan fingerprint density at radius 2 is 2.19 bits per heavy atom. The molecule has 1 unspecified atom stereocenters. The highest BCUT2D eigenvalue weighted by Crippen LogP contribution is 2.28. The van der Waals surface area contributed by atoms with E-state index in [1.165, 1.54) is 23.4 Å². The molecule has 1 aliphatic rings. The molecule has 1 aromatic rings. The summed E-state index contributed by atoms with van der Waals surface area (Å²) in [5.41, 5.74) is 0.548. The van der Waals surface area contributed by atoms with Crippen LogP contribution in [0.1, 0.15) is 13.3 Å². The average Bonchev–Trinajstić information content (AvgIpc) is 2.93. The Kier molecular flexibility index (Phi) is 5.03. The summed E-state index contributed by atoms with van der Waals surface area (Å²) in [6.07, 6.45) is 0.806. The molecule has 1 aliphatic heterocycles. The van der Waals surface area contributed by atoms with Crippen molar-refractivity contribution in [1.82, 2.24) is 9.62 Å². The Hall–Kier alpha value is -0.960. The number of hydrogen-bond donors (Lipinski definition) is 2. The Balaban J connectivity index is 2.27. The van der Waals surface area contributed by atoms with Gasteiger partial charge in [-0.15, -0.1) is 0 Å². The van der Waals surface area contributed by atoms with Crippen LogP contribution in [-0.2, 0) is 14.8 Å². The van der Waals surface area contributed by atoms with Crippen molar-refractivity contribution >= 4 is 37.5 Å². The van der Waals surface area contributed by atoms with Gasteiger partial charge in [0, 0.05) is 31.0 Å². The van der Waals surface area contributed by atoms with Crippen molar-refractivity contribution in [3.63, 3.8) is 0 Å². The Morgan fingerprint density at radius 1 is 1.48 bits per heavy atom. The van der Waals surface area contributed by atoms with Crippen LogP contribution in [0.25, 0.3) is 0 Å². The number of halogens is 1. The molecule has 8 heteroatoms. The van der Waals surface area contributed by atoms with Crippen LogP contribution >= 0.6 is 15.9 Å². The van der Waals surface area contributed by atoms with E-state index in [0.29, 0.717) is 16.7 Å². The molecule has 1 atom stereocenters. The molecule has 1 aromatic carbocycles. The van der Waals surface area contributed by atoms with Crippen LogP contribution in [0, 0.1) is 0 Å². The molecule has 116 valence electrons. The summed E-state index contributed by atoms with van der Waals surface area (Å²) in [5, 5.41) is 5.79. The highest BCUT2D eigenvalue weighted by molar-refractivity contribution is 9.10. The lowest BCUT2D eigenvalue weighted by Crippen LogP contribution is -2.38. The largest absolute Gasteiger partial charge is 0.325 e. The van der Waals surface area contributed by atoms with E-state index >= 15 is 0 Å². The third kappa shape index (κ3) is 3.63. The molecule has 1 heterocycles. The molecule has 6 nitrogen and oxygen atoms in total. The summed E-state index contributed by atoms with van der Waals surface area (Å²) in [5.74, 6) is -0.208. The fourth-order valence-electron chi connectivity index (χ4n) is 2.26. The molecule has 1 amide bonds. The molecule has 21 heavy (non-hydrogen) atoms. The second-order valence-electron chi connectivity index (χ2n) is 4.99. The smallest absolute Gasteiger partial charge is 0.243 e. The molecule has 1 fully saturated rings. The maximum atomic E-state index is 12.6. The minimum Gasteiger partial charge on any atom is -0.325 e. The van der Waals surface area contributed by atoms with Gasteiger partial charge in [0.15, 0.2) is 0 Å². The Bertz CT molecular complexity index is 642. The SMILES string of the molecule is CC(=O)Nc1ccc(S(=O)(=O)N(C)C2CCNC2)cc1Br. The third-order valence-electron chi connectivity index (χ3n) is 3.48. The highest BCUT2D eigenvalue weighted by atomic mass is 79.9. The second kappa shape index (κ2) is 6.43. The lowest BCUT2D eigenvalue weighted by atomic mass is 10.3. The summed E-state index contributed by atoms with van der Waals surface area (Å²) in [4.78, 5) is 11.3. The van der Waals surface area contributed by atoms with Gasteiger partial charge >= 0.3 is 0 Å². The van der Waals surface area contributed by atoms with E-state index in [4.69, 9.17) is 0 Å². The topological polar surface area (TPSA) is 78.5 Å². The first-order chi connectivity index (χ1) is 9.82. The summed E-state index contributed by atoms with van der Waals surface area (Å²) in [7, 11) is -1.94. The van der Waals surface area contributed by atoms with Crippen LogP contribution in [0.5, 0.6) is 0 Å². The molecule has 0 radical (unpaired) electrons. The van der Waals surface area contributed by atoms with Gasteiger partial charge in [0.1, 0.15) is 0 Å². The fraction of sp³-hybridized carbons (Fsp3) is 0.462. The molecule has 0 bridgehead atoms. The zero-order valence-corrected chi connectivity index (χ0v) is 14.3. The van der Waals surface area contributed by atoms with Crippen molar-refractivity contribution in [2.45, 2.75) is 24.3 Å². The Labute approximate surface area is 133 Å². The normalized spacial score (nSPS) is 19.0. The number of anilines is 1. The van der Waals surface area contributed by atoms with Gasteiger partial charge < -0.3 is 10.6 Å². The van der Waals surface area contributed by atoms with E-state index in [0.717, 1.165) is 13.0 Å². The van der Waals surface area contributed by atoms with E-state index < -0.39 is 10.0 Å². The highest BCUT2D eigenvalue weighted by Gasteiger charge is 2.30. The molecular weight excluding hydrogens is 358 g/mol. The monoisotopic (exact) mass is 375 g/mol. The van der Waals surface area contributed by atoms with Gasteiger partial charge in [-0.1, -0.05) is 0 Å². The van der Waals surface area contributed by atoms with E-state index in [9.17, 15) is 13.2 Å². The molecule has 0 spiro atoms. The quantitative estimate of drug-likeness (QED) is 0.833. The van der Waals surface area contributed by atoms with Gasteiger partial charge in [-0.3, -0.25) is 4.79 Å². The zero-order valence-electron chi connectivity index (χ0n) is 11.9. The lowest BCUT2D eigenvalue weighted by Gasteiger charge is -2.23. The van der Waals surface area contributed by atoms with Crippen molar-refractivity contribution in [3.05, 3.63) is 22.7 Å². The minimum absolute atomic E-state index is 0.0243. The number of nitrogens with one attached hydrogen (secondary N) is 2. The average molecular weight is 376 g/mol. The van der Waals surface area contributed by atoms with Gasteiger partial charge in [-0.25, -0.2) is 8.42 Å².